The summed E-state index contributed by atoms with van der Waals surface area (Å²) < 4.78 is 5.48. The van der Waals surface area contributed by atoms with Crippen LogP contribution in [-0.2, 0) is 16.0 Å². The average Bonchev–Trinajstić information content (AvgIpc) is 2.76. The van der Waals surface area contributed by atoms with Crippen molar-refractivity contribution in [3.8, 4) is 0 Å². The molecule has 0 aromatic heterocycles. The lowest BCUT2D eigenvalue weighted by Crippen LogP contribution is -2.48. The van der Waals surface area contributed by atoms with E-state index < -0.39 is 6.04 Å². The number of hydrogen-bond donors (Lipinski definition) is 1. The highest BCUT2D eigenvalue weighted by Gasteiger charge is 2.39. The van der Waals surface area contributed by atoms with Crippen molar-refractivity contribution in [1.29, 1.82) is 0 Å². The number of nitrogens with zero attached hydrogens (tertiary/aromatic N) is 2. The molecule has 22 heavy (non-hydrogen) atoms. The van der Waals surface area contributed by atoms with Gasteiger partial charge in [0.25, 0.3) is 5.91 Å². The molecule has 118 valence electrons. The zero-order valence-electron chi connectivity index (χ0n) is 12.7. The smallest absolute Gasteiger partial charge is 0.325 e. The molecule has 2 heterocycles. The average molecular weight is 303 g/mol. The van der Waals surface area contributed by atoms with Gasteiger partial charge in [-0.1, -0.05) is 30.3 Å². The normalized spacial score (nSPS) is 26.3. The van der Waals surface area contributed by atoms with Crippen LogP contribution >= 0.6 is 0 Å². The van der Waals surface area contributed by atoms with E-state index in [9.17, 15) is 9.59 Å². The van der Waals surface area contributed by atoms with Gasteiger partial charge in [0.2, 0.25) is 0 Å². The molecule has 2 saturated heterocycles. The van der Waals surface area contributed by atoms with Crippen LogP contribution < -0.4 is 5.32 Å². The third-order valence-corrected chi connectivity index (χ3v) is 4.06. The van der Waals surface area contributed by atoms with Gasteiger partial charge in [0.05, 0.1) is 19.4 Å². The van der Waals surface area contributed by atoms with Crippen molar-refractivity contribution >= 4 is 11.9 Å². The monoisotopic (exact) mass is 303 g/mol. The molecule has 2 fully saturated rings. The Morgan fingerprint density at radius 3 is 2.77 bits per heavy atom. The molecule has 0 spiro atoms. The quantitative estimate of drug-likeness (QED) is 0.837. The first-order chi connectivity index (χ1) is 10.6. The number of rotatable bonds is 4. The Balaban J connectivity index is 1.61. The number of nitrogens with one attached hydrogen (secondary N) is 1. The van der Waals surface area contributed by atoms with E-state index in [2.05, 4.69) is 10.2 Å². The summed E-state index contributed by atoms with van der Waals surface area (Å²) in [6.45, 7) is 4.45. The van der Waals surface area contributed by atoms with Gasteiger partial charge in [0.1, 0.15) is 6.04 Å². The van der Waals surface area contributed by atoms with Crippen LogP contribution in [0.15, 0.2) is 30.3 Å². The first kappa shape index (κ1) is 15.0. The van der Waals surface area contributed by atoms with Crippen LogP contribution in [-0.4, -0.2) is 60.2 Å². The Morgan fingerprint density at radius 2 is 2.05 bits per heavy atom. The Kier molecular flexibility index (Phi) is 4.40. The second kappa shape index (κ2) is 6.46. The Hall–Kier alpha value is -1.92. The van der Waals surface area contributed by atoms with Crippen molar-refractivity contribution < 1.29 is 14.3 Å². The third kappa shape index (κ3) is 3.28. The van der Waals surface area contributed by atoms with Crippen LogP contribution in [0.25, 0.3) is 0 Å². The van der Waals surface area contributed by atoms with Crippen molar-refractivity contribution in [2.75, 3.05) is 26.4 Å². The van der Waals surface area contributed by atoms with Gasteiger partial charge in [-0.2, -0.15) is 0 Å². The van der Waals surface area contributed by atoms with Crippen LogP contribution in [0.1, 0.15) is 12.5 Å². The minimum absolute atomic E-state index is 0.134. The van der Waals surface area contributed by atoms with E-state index in [1.54, 1.807) is 0 Å². The molecule has 0 aliphatic carbocycles. The van der Waals surface area contributed by atoms with E-state index in [0.29, 0.717) is 19.7 Å². The zero-order valence-corrected chi connectivity index (χ0v) is 12.7. The molecule has 2 aliphatic rings. The van der Waals surface area contributed by atoms with Gasteiger partial charge in [-0.3, -0.25) is 9.69 Å². The summed E-state index contributed by atoms with van der Waals surface area (Å²) >= 11 is 0. The van der Waals surface area contributed by atoms with Gasteiger partial charge in [-0.25, -0.2) is 9.69 Å². The largest absolute Gasteiger partial charge is 0.376 e. The molecule has 1 aromatic rings. The van der Waals surface area contributed by atoms with E-state index in [-0.39, 0.29) is 18.0 Å². The molecule has 2 aliphatic heterocycles. The molecule has 0 radical (unpaired) electrons. The fourth-order valence-corrected chi connectivity index (χ4v) is 2.92. The molecule has 2 atom stereocenters. The number of benzene rings is 1. The maximum Gasteiger partial charge on any atom is 0.325 e. The van der Waals surface area contributed by atoms with E-state index in [0.717, 1.165) is 18.7 Å². The predicted molar refractivity (Wildman–Crippen MR) is 81.2 cm³/mol. The molecule has 6 heteroatoms. The predicted octanol–water partition coefficient (Wildman–Crippen LogP) is 0.828. The fourth-order valence-electron chi connectivity index (χ4n) is 2.92. The van der Waals surface area contributed by atoms with Crippen molar-refractivity contribution in [3.63, 3.8) is 0 Å². The SMILES string of the molecule is C[C@H]1CN(CN2C(=O)N[C@H](Cc3ccccc3)C2=O)CCO1. The number of urea groups is 1. The number of amides is 3. The van der Waals surface area contributed by atoms with Crippen LogP contribution in [0.4, 0.5) is 4.79 Å². The summed E-state index contributed by atoms with van der Waals surface area (Å²) in [5.41, 5.74) is 1.04. The molecular formula is C16H21N3O3. The van der Waals surface area contributed by atoms with Gasteiger partial charge < -0.3 is 10.1 Å². The Bertz CT molecular complexity index is 549. The molecule has 0 saturated carbocycles. The number of carbonyl (C=O) groups is 2. The molecule has 3 rings (SSSR count). The second-order valence-electron chi connectivity index (χ2n) is 5.86. The van der Waals surface area contributed by atoms with E-state index in [4.69, 9.17) is 4.74 Å². The molecular weight excluding hydrogens is 282 g/mol. The van der Waals surface area contributed by atoms with E-state index in [1.165, 1.54) is 4.90 Å². The van der Waals surface area contributed by atoms with Crippen molar-refractivity contribution in [2.45, 2.75) is 25.5 Å². The zero-order chi connectivity index (χ0) is 15.5. The lowest BCUT2D eigenvalue weighted by molar-refractivity contribution is -0.130. The number of hydrogen-bond acceptors (Lipinski definition) is 4. The number of imide groups is 1. The minimum atomic E-state index is -0.464. The van der Waals surface area contributed by atoms with Gasteiger partial charge in [-0.05, 0) is 12.5 Å². The molecule has 1 N–H and O–H groups in total. The summed E-state index contributed by atoms with van der Waals surface area (Å²) in [6.07, 6.45) is 0.663. The van der Waals surface area contributed by atoms with Gasteiger partial charge in [0.15, 0.2) is 0 Å². The van der Waals surface area contributed by atoms with Gasteiger partial charge >= 0.3 is 6.03 Å². The number of carbonyl (C=O) groups excluding carboxylic acids is 2. The van der Waals surface area contributed by atoms with Crippen LogP contribution in [0.2, 0.25) is 0 Å². The molecule has 6 nitrogen and oxygen atoms in total. The minimum Gasteiger partial charge on any atom is -0.376 e. The second-order valence-corrected chi connectivity index (χ2v) is 5.86. The standard InChI is InChI=1S/C16H21N3O3/c1-12-10-18(7-8-22-12)11-19-15(20)14(17-16(19)21)9-13-5-3-2-4-6-13/h2-6,12,14H,7-11H2,1H3,(H,17,21)/t12-,14+/m0/s1. The summed E-state index contributed by atoms with van der Waals surface area (Å²) in [7, 11) is 0. The topological polar surface area (TPSA) is 61.9 Å². The number of ether oxygens (including phenoxy) is 1. The Morgan fingerprint density at radius 1 is 1.27 bits per heavy atom. The summed E-state index contributed by atoms with van der Waals surface area (Å²) in [5, 5.41) is 2.78. The lowest BCUT2D eigenvalue weighted by atomic mass is 10.1. The van der Waals surface area contributed by atoms with Crippen LogP contribution in [0.5, 0.6) is 0 Å². The summed E-state index contributed by atoms with van der Waals surface area (Å²) in [6, 6.07) is 8.97. The van der Waals surface area contributed by atoms with Crippen molar-refractivity contribution in [2.24, 2.45) is 0 Å². The molecule has 1 aromatic carbocycles. The highest BCUT2D eigenvalue weighted by Crippen LogP contribution is 2.14. The van der Waals surface area contributed by atoms with E-state index >= 15 is 0 Å². The van der Waals surface area contributed by atoms with Gasteiger partial charge in [0, 0.05) is 19.5 Å². The summed E-state index contributed by atoms with van der Waals surface area (Å²) in [4.78, 5) is 27.9. The maximum absolute atomic E-state index is 12.5. The molecule has 0 bridgehead atoms. The van der Waals surface area contributed by atoms with Crippen LogP contribution in [0, 0.1) is 0 Å². The van der Waals surface area contributed by atoms with Crippen molar-refractivity contribution in [1.82, 2.24) is 15.1 Å². The van der Waals surface area contributed by atoms with Gasteiger partial charge in [-0.15, -0.1) is 0 Å². The molecule has 0 unspecified atom stereocenters. The summed E-state index contributed by atoms with van der Waals surface area (Å²) in [5.74, 6) is -0.145. The fraction of sp³-hybridized carbons (Fsp3) is 0.500. The van der Waals surface area contributed by atoms with Crippen molar-refractivity contribution in [3.05, 3.63) is 35.9 Å². The molecule has 3 amide bonds. The third-order valence-electron chi connectivity index (χ3n) is 4.06. The first-order valence-electron chi connectivity index (χ1n) is 7.63. The lowest BCUT2D eigenvalue weighted by Gasteiger charge is -2.32. The highest BCUT2D eigenvalue weighted by atomic mass is 16.5. The number of morpholine rings is 1. The van der Waals surface area contributed by atoms with E-state index in [1.807, 2.05) is 37.3 Å². The maximum atomic E-state index is 12.5. The Labute approximate surface area is 130 Å². The highest BCUT2D eigenvalue weighted by molar-refractivity contribution is 6.04. The van der Waals surface area contributed by atoms with Crippen LogP contribution in [0.3, 0.4) is 0 Å². The first-order valence-corrected chi connectivity index (χ1v) is 7.63.